The summed E-state index contributed by atoms with van der Waals surface area (Å²) in [6.07, 6.45) is 0. The molecule has 2 aromatic carbocycles. The van der Waals surface area contributed by atoms with Crippen molar-refractivity contribution < 1.29 is 33.4 Å². The molecule has 2 aromatic rings. The predicted molar refractivity (Wildman–Crippen MR) is 127 cm³/mol. The van der Waals surface area contributed by atoms with Gasteiger partial charge in [0.2, 0.25) is 5.91 Å². The van der Waals surface area contributed by atoms with Gasteiger partial charge < -0.3 is 34.1 Å². The van der Waals surface area contributed by atoms with Gasteiger partial charge in [-0.05, 0) is 35.4 Å². The molecule has 0 aromatic heterocycles. The summed E-state index contributed by atoms with van der Waals surface area (Å²) in [4.78, 5) is 29.9. The molecule has 0 bridgehead atoms. The summed E-state index contributed by atoms with van der Waals surface area (Å²) >= 11 is 0. The Morgan fingerprint density at radius 3 is 2.12 bits per heavy atom. The molecule has 0 radical (unpaired) electrons. The number of ether oxygens (including phenoxy) is 4. The fraction of sp³-hybridized carbons (Fsp3) is 0.440. The zero-order chi connectivity index (χ0) is 25.0. The summed E-state index contributed by atoms with van der Waals surface area (Å²) in [6, 6.07) is 8.25. The Labute approximate surface area is 200 Å². The molecule has 0 fully saturated rings. The largest absolute Gasteiger partial charge is 0.493 e. The summed E-state index contributed by atoms with van der Waals surface area (Å²) in [5.41, 5.74) is 1.76. The highest BCUT2D eigenvalue weighted by molar-refractivity contribution is 6.02. The van der Waals surface area contributed by atoms with Gasteiger partial charge in [-0.15, -0.1) is 0 Å². The van der Waals surface area contributed by atoms with Gasteiger partial charge in [0, 0.05) is 12.6 Å². The second-order valence-electron chi connectivity index (χ2n) is 8.50. The number of hydrogen-bond acceptors (Lipinski definition) is 6. The van der Waals surface area contributed by atoms with E-state index in [-0.39, 0.29) is 11.8 Å². The Morgan fingerprint density at radius 2 is 1.53 bits per heavy atom. The van der Waals surface area contributed by atoms with Gasteiger partial charge in [0.15, 0.2) is 23.0 Å². The molecule has 9 nitrogen and oxygen atoms in total. The molecule has 9 heteroatoms. The van der Waals surface area contributed by atoms with E-state index < -0.39 is 12.0 Å². The van der Waals surface area contributed by atoms with Crippen LogP contribution in [0.1, 0.15) is 33.4 Å². The molecule has 3 rings (SSSR count). The second-order valence-corrected chi connectivity index (χ2v) is 8.50. The Balaban J connectivity index is 2.17. The number of methoxy groups -OCH3 is 4. The zero-order valence-corrected chi connectivity index (χ0v) is 20.9. The zero-order valence-electron chi connectivity index (χ0n) is 20.9. The first-order valence-corrected chi connectivity index (χ1v) is 11.1. The van der Waals surface area contributed by atoms with E-state index >= 15 is 0 Å². The molecule has 184 valence electrons. The second kappa shape index (κ2) is 10.6. The van der Waals surface area contributed by atoms with Gasteiger partial charge in [0.05, 0.1) is 67.6 Å². The number of amides is 2. The number of carbonyl (C=O) groups excluding carboxylic acids is 2. The molecule has 1 aliphatic rings. The molecule has 1 heterocycles. The van der Waals surface area contributed by atoms with Crippen LogP contribution in [-0.2, 0) is 4.79 Å². The number of likely N-dealkylation sites (N-methyl/N-ethyl adjacent to an activating group) is 2. The van der Waals surface area contributed by atoms with Crippen LogP contribution < -0.4 is 29.2 Å². The summed E-state index contributed by atoms with van der Waals surface area (Å²) in [6.45, 7) is 1.28. The van der Waals surface area contributed by atoms with Gasteiger partial charge >= 0.3 is 0 Å². The lowest BCUT2D eigenvalue weighted by atomic mass is 9.79. The van der Waals surface area contributed by atoms with Crippen LogP contribution in [0.3, 0.4) is 0 Å². The first-order chi connectivity index (χ1) is 16.3. The van der Waals surface area contributed by atoms with E-state index in [1.807, 2.05) is 26.2 Å². The molecule has 2 N–H and O–H groups in total. The molecule has 2 amide bonds. The fourth-order valence-electron chi connectivity index (χ4n) is 4.33. The van der Waals surface area contributed by atoms with E-state index in [0.29, 0.717) is 40.7 Å². The van der Waals surface area contributed by atoms with Gasteiger partial charge in [0.1, 0.15) is 0 Å². The number of carbonyl (C=O) groups is 2. The van der Waals surface area contributed by atoms with Crippen molar-refractivity contribution in [2.45, 2.75) is 12.0 Å². The van der Waals surface area contributed by atoms with Crippen LogP contribution in [0.25, 0.3) is 0 Å². The molecular formula is C25H34N3O6+. The van der Waals surface area contributed by atoms with Crippen LogP contribution in [0.15, 0.2) is 30.3 Å². The third-order valence-electron chi connectivity index (χ3n) is 6.13. The molecule has 0 aliphatic carbocycles. The van der Waals surface area contributed by atoms with E-state index in [1.54, 1.807) is 44.4 Å². The minimum Gasteiger partial charge on any atom is -0.493 e. The standard InChI is InChI=1S/C25H33N3O6/c1-27(2)11-10-26-24(29)22-16-13-20(33-6)21(34-7)14-17(16)25(30)28(3)23(22)15-8-9-18(31-4)19(12-15)32-5/h8-9,12-14,22-23H,10-11H2,1-7H3,(H,26,29)/p+1. The van der Waals surface area contributed by atoms with Gasteiger partial charge in [-0.25, -0.2) is 0 Å². The van der Waals surface area contributed by atoms with E-state index in [1.165, 1.54) is 19.1 Å². The summed E-state index contributed by atoms with van der Waals surface area (Å²) in [5, 5.41) is 3.05. The van der Waals surface area contributed by atoms with Crippen molar-refractivity contribution in [2.24, 2.45) is 0 Å². The van der Waals surface area contributed by atoms with E-state index in [0.717, 1.165) is 12.1 Å². The van der Waals surface area contributed by atoms with Crippen molar-refractivity contribution >= 4 is 11.8 Å². The SMILES string of the molecule is COc1ccc(C2C(C(=O)NCC[NH+](C)C)c3cc(OC)c(OC)cc3C(=O)N2C)cc1OC. The first kappa shape index (κ1) is 25.2. The lowest BCUT2D eigenvalue weighted by molar-refractivity contribution is -0.856. The minimum atomic E-state index is -0.673. The first-order valence-electron chi connectivity index (χ1n) is 11.1. The fourth-order valence-corrected chi connectivity index (χ4v) is 4.33. The normalized spacial score (nSPS) is 17.3. The van der Waals surface area contributed by atoms with E-state index in [9.17, 15) is 9.59 Å². The summed E-state index contributed by atoms with van der Waals surface area (Å²) in [7, 11) is 11.9. The third-order valence-corrected chi connectivity index (χ3v) is 6.13. The Bertz CT molecular complexity index is 1060. The van der Waals surface area contributed by atoms with Crippen molar-refractivity contribution in [3.05, 3.63) is 47.0 Å². The van der Waals surface area contributed by atoms with Crippen LogP contribution in [0, 0.1) is 0 Å². The number of fused-ring (bicyclic) bond motifs is 1. The molecule has 0 spiro atoms. The van der Waals surface area contributed by atoms with E-state index in [2.05, 4.69) is 5.32 Å². The summed E-state index contributed by atoms with van der Waals surface area (Å²) < 4.78 is 21.8. The maximum atomic E-state index is 13.6. The van der Waals surface area contributed by atoms with Crippen LogP contribution in [-0.4, -0.2) is 79.4 Å². The van der Waals surface area contributed by atoms with Crippen LogP contribution in [0.5, 0.6) is 23.0 Å². The van der Waals surface area contributed by atoms with Gasteiger partial charge in [0.25, 0.3) is 5.91 Å². The van der Waals surface area contributed by atoms with Crippen molar-refractivity contribution in [1.82, 2.24) is 10.2 Å². The average Bonchev–Trinajstić information content (AvgIpc) is 2.84. The Kier molecular flexibility index (Phi) is 7.88. The monoisotopic (exact) mass is 472 g/mol. The number of quaternary nitrogens is 1. The molecule has 2 atom stereocenters. The maximum Gasteiger partial charge on any atom is 0.254 e. The van der Waals surface area contributed by atoms with Gasteiger partial charge in [-0.2, -0.15) is 0 Å². The van der Waals surface area contributed by atoms with Crippen molar-refractivity contribution in [3.63, 3.8) is 0 Å². The molecule has 34 heavy (non-hydrogen) atoms. The number of benzene rings is 2. The average molecular weight is 473 g/mol. The smallest absolute Gasteiger partial charge is 0.254 e. The summed E-state index contributed by atoms with van der Waals surface area (Å²) in [5.74, 6) is 0.925. The van der Waals surface area contributed by atoms with Crippen LogP contribution in [0.4, 0.5) is 0 Å². The Morgan fingerprint density at radius 1 is 0.941 bits per heavy atom. The van der Waals surface area contributed by atoms with Crippen molar-refractivity contribution in [1.29, 1.82) is 0 Å². The minimum absolute atomic E-state index is 0.172. The Hall–Kier alpha value is -3.46. The molecule has 2 unspecified atom stereocenters. The van der Waals surface area contributed by atoms with E-state index in [4.69, 9.17) is 18.9 Å². The quantitative estimate of drug-likeness (QED) is 0.564. The molecular weight excluding hydrogens is 438 g/mol. The highest BCUT2D eigenvalue weighted by Gasteiger charge is 2.43. The van der Waals surface area contributed by atoms with Gasteiger partial charge in [-0.3, -0.25) is 9.59 Å². The van der Waals surface area contributed by atoms with Crippen molar-refractivity contribution in [2.75, 3.05) is 62.7 Å². The van der Waals surface area contributed by atoms with Crippen LogP contribution >= 0.6 is 0 Å². The number of rotatable bonds is 9. The highest BCUT2D eigenvalue weighted by atomic mass is 16.5. The maximum absolute atomic E-state index is 13.6. The lowest BCUT2D eigenvalue weighted by Gasteiger charge is -2.40. The van der Waals surface area contributed by atoms with Crippen molar-refractivity contribution in [3.8, 4) is 23.0 Å². The highest BCUT2D eigenvalue weighted by Crippen LogP contribution is 2.46. The number of nitrogens with one attached hydrogen (secondary N) is 2. The van der Waals surface area contributed by atoms with Gasteiger partial charge in [-0.1, -0.05) is 6.07 Å². The predicted octanol–water partition coefficient (Wildman–Crippen LogP) is 0.892. The molecule has 0 saturated heterocycles. The molecule has 0 saturated carbocycles. The molecule has 1 aliphatic heterocycles. The number of hydrogen-bond donors (Lipinski definition) is 2. The number of nitrogens with zero attached hydrogens (tertiary/aromatic N) is 1. The van der Waals surface area contributed by atoms with Crippen LogP contribution in [0.2, 0.25) is 0 Å². The third kappa shape index (κ3) is 4.75. The topological polar surface area (TPSA) is 90.8 Å². The lowest BCUT2D eigenvalue weighted by Crippen LogP contribution is -3.06.